The number of ether oxygens (including phenoxy) is 2. The molecule has 55 heavy (non-hydrogen) atoms. The second-order valence-corrected chi connectivity index (χ2v) is 17.1. The van der Waals surface area contributed by atoms with E-state index in [-0.39, 0.29) is 37.5 Å². The lowest BCUT2D eigenvalue weighted by molar-refractivity contribution is -0.147. The maximum atomic E-state index is 14.5. The molecule has 0 spiro atoms. The van der Waals surface area contributed by atoms with Gasteiger partial charge in [0.2, 0.25) is 29.5 Å². The molecule has 5 amide bonds. The zero-order valence-electron chi connectivity index (χ0n) is 34.2. The van der Waals surface area contributed by atoms with Crippen molar-refractivity contribution in [1.82, 2.24) is 26.2 Å². The molecule has 14 nitrogen and oxygen atoms in total. The van der Waals surface area contributed by atoms with E-state index in [1.165, 1.54) is 19.3 Å². The minimum Gasteiger partial charge on any atom is -0.379 e. The van der Waals surface area contributed by atoms with Gasteiger partial charge in [-0.2, -0.15) is 0 Å². The average Bonchev–Trinajstić information content (AvgIpc) is 3.32. The summed E-state index contributed by atoms with van der Waals surface area (Å²) in [5, 5.41) is 11.6. The Kier molecular flexibility index (Phi) is 18.6. The molecule has 1 heterocycles. The Labute approximate surface area is 329 Å². The van der Waals surface area contributed by atoms with Crippen LogP contribution in [0, 0.1) is 29.6 Å². The van der Waals surface area contributed by atoms with Crippen molar-refractivity contribution in [3.63, 3.8) is 0 Å². The maximum Gasteiger partial charge on any atom is 0.245 e. The predicted octanol–water partition coefficient (Wildman–Crippen LogP) is 2.51. The molecular formula is C41H73N7O7. The van der Waals surface area contributed by atoms with Crippen LogP contribution >= 0.6 is 0 Å². The summed E-state index contributed by atoms with van der Waals surface area (Å²) < 4.78 is 12.3. The van der Waals surface area contributed by atoms with Gasteiger partial charge in [0.25, 0.3) is 0 Å². The summed E-state index contributed by atoms with van der Waals surface area (Å²) in [5.74, 6) is -1.02. The van der Waals surface area contributed by atoms with Crippen molar-refractivity contribution in [1.29, 1.82) is 0 Å². The van der Waals surface area contributed by atoms with Crippen molar-refractivity contribution >= 4 is 29.5 Å². The summed E-state index contributed by atoms with van der Waals surface area (Å²) in [7, 11) is 1.69. The molecule has 1 saturated heterocycles. The Hall–Kier alpha value is -2.81. The number of fused-ring (bicyclic) bond motifs is 2. The molecule has 0 unspecified atom stereocenters. The van der Waals surface area contributed by atoms with Gasteiger partial charge in [-0.25, -0.2) is 0 Å². The number of amides is 5. The van der Waals surface area contributed by atoms with E-state index in [1.807, 2.05) is 20.8 Å². The molecule has 2 bridgehead atoms. The van der Waals surface area contributed by atoms with Crippen LogP contribution in [-0.2, 0) is 33.4 Å². The molecular weight excluding hydrogens is 702 g/mol. The average molecular weight is 776 g/mol. The van der Waals surface area contributed by atoms with Crippen LogP contribution in [0.3, 0.4) is 0 Å². The van der Waals surface area contributed by atoms with Gasteiger partial charge in [-0.15, -0.1) is 0 Å². The molecule has 0 aromatic carbocycles. The Balaban J connectivity index is 1.68. The largest absolute Gasteiger partial charge is 0.379 e. The number of nitrogens with two attached hydrogens (primary N) is 2. The highest BCUT2D eigenvalue weighted by Gasteiger charge is 2.41. The van der Waals surface area contributed by atoms with Crippen molar-refractivity contribution in [2.45, 2.75) is 160 Å². The highest BCUT2D eigenvalue weighted by atomic mass is 16.5. The van der Waals surface area contributed by atoms with E-state index in [1.54, 1.807) is 11.9 Å². The first-order valence-electron chi connectivity index (χ1n) is 21.5. The fraction of sp³-hybridized carbons (Fsp3) is 0.878. The second-order valence-electron chi connectivity index (χ2n) is 17.1. The zero-order valence-corrected chi connectivity index (χ0v) is 34.2. The van der Waals surface area contributed by atoms with Gasteiger partial charge in [0.05, 0.1) is 25.2 Å². The van der Waals surface area contributed by atoms with E-state index >= 15 is 0 Å². The molecule has 314 valence electrons. The van der Waals surface area contributed by atoms with Crippen LogP contribution in [0.2, 0.25) is 0 Å². The van der Waals surface area contributed by atoms with Crippen LogP contribution < -0.4 is 32.7 Å². The van der Waals surface area contributed by atoms with Crippen molar-refractivity contribution in [2.75, 3.05) is 40.0 Å². The van der Waals surface area contributed by atoms with Crippen molar-refractivity contribution < 1.29 is 33.4 Å². The molecule has 14 heteroatoms. The van der Waals surface area contributed by atoms with Crippen LogP contribution in [0.15, 0.2) is 0 Å². The van der Waals surface area contributed by atoms with Gasteiger partial charge in [0.15, 0.2) is 0 Å². The van der Waals surface area contributed by atoms with E-state index < -0.39 is 60.0 Å². The fourth-order valence-electron chi connectivity index (χ4n) is 9.39. The smallest absolute Gasteiger partial charge is 0.245 e. The fourth-order valence-corrected chi connectivity index (χ4v) is 9.39. The summed E-state index contributed by atoms with van der Waals surface area (Å²) >= 11 is 0. The number of carbonyl (C=O) groups excluding carboxylic acids is 5. The molecule has 3 saturated carbocycles. The summed E-state index contributed by atoms with van der Waals surface area (Å²) in [6.07, 6.45) is 14.3. The van der Waals surface area contributed by atoms with E-state index in [4.69, 9.17) is 20.9 Å². The number of likely N-dealkylation sites (N-methyl/N-ethyl adjacent to an activating group) is 1. The summed E-state index contributed by atoms with van der Waals surface area (Å²) in [6.45, 7) is 6.29. The van der Waals surface area contributed by atoms with Crippen molar-refractivity contribution in [3.8, 4) is 0 Å². The molecule has 4 fully saturated rings. The van der Waals surface area contributed by atoms with Crippen LogP contribution in [-0.4, -0.2) is 111 Å². The number of carbonyl (C=O) groups is 5. The standard InChI is InChI=1S/C41H73N7O7/c1-5-6-14-34-39(51)47-36(31-12-9-7-8-10-13-31)40(52)45-32(23-43)37(49)46-33(25-54-18-11-17-42)38(50)44-26(2)24-55-35(27(3)41(53)48(34)4)22-30-20-28-15-16-29(19-28)21-30/h26-36H,5-25,42-43H2,1-4H3,(H,44,50)(H,45,52)(H,46,49)(H,47,51)/t26-,27-,28-,29+,30-,32+,33+,34+,35-,36+/m1/s1. The van der Waals surface area contributed by atoms with E-state index in [2.05, 4.69) is 21.3 Å². The first kappa shape index (κ1) is 44.9. The first-order chi connectivity index (χ1) is 26.4. The Bertz CT molecular complexity index is 1240. The van der Waals surface area contributed by atoms with Crippen LogP contribution in [0.25, 0.3) is 0 Å². The van der Waals surface area contributed by atoms with Crippen molar-refractivity contribution in [3.05, 3.63) is 0 Å². The van der Waals surface area contributed by atoms with Gasteiger partial charge in [-0.1, -0.05) is 65.2 Å². The van der Waals surface area contributed by atoms with Gasteiger partial charge in [-0.3, -0.25) is 24.0 Å². The van der Waals surface area contributed by atoms with Crippen LogP contribution in [0.5, 0.6) is 0 Å². The topological polar surface area (TPSA) is 207 Å². The Morgan fingerprint density at radius 2 is 1.44 bits per heavy atom. The Morgan fingerprint density at radius 1 is 0.782 bits per heavy atom. The van der Waals surface area contributed by atoms with Gasteiger partial charge in [0, 0.05) is 26.2 Å². The minimum atomic E-state index is -1.17. The Morgan fingerprint density at radius 3 is 2.07 bits per heavy atom. The summed E-state index contributed by atoms with van der Waals surface area (Å²) in [6, 6.07) is -4.44. The van der Waals surface area contributed by atoms with Gasteiger partial charge >= 0.3 is 0 Å². The second kappa shape index (κ2) is 22.8. The number of nitrogens with zero attached hydrogens (tertiary/aromatic N) is 1. The quantitative estimate of drug-likeness (QED) is 0.127. The van der Waals surface area contributed by atoms with Gasteiger partial charge < -0.3 is 47.1 Å². The lowest BCUT2D eigenvalue weighted by Gasteiger charge is -2.36. The lowest BCUT2D eigenvalue weighted by atomic mass is 9.77. The third-order valence-corrected chi connectivity index (χ3v) is 12.6. The molecule has 4 aliphatic rings. The number of rotatable bonds is 12. The van der Waals surface area contributed by atoms with E-state index in [0.29, 0.717) is 31.9 Å². The number of unbranched alkanes of at least 4 members (excludes halogenated alkanes) is 1. The molecule has 1 aliphatic heterocycles. The number of hydrogen-bond acceptors (Lipinski definition) is 9. The van der Waals surface area contributed by atoms with E-state index in [9.17, 15) is 24.0 Å². The molecule has 0 radical (unpaired) electrons. The molecule has 8 N–H and O–H groups in total. The summed E-state index contributed by atoms with van der Waals surface area (Å²) in [5.41, 5.74) is 11.7. The van der Waals surface area contributed by atoms with Crippen molar-refractivity contribution in [2.24, 2.45) is 41.1 Å². The molecule has 4 rings (SSSR count). The number of hydrogen-bond donors (Lipinski definition) is 6. The molecule has 3 aliphatic carbocycles. The molecule has 10 atom stereocenters. The highest BCUT2D eigenvalue weighted by Crippen LogP contribution is 2.46. The molecule has 0 aromatic rings. The third-order valence-electron chi connectivity index (χ3n) is 12.6. The minimum absolute atomic E-state index is 0.110. The number of nitrogens with one attached hydrogen (secondary N) is 4. The predicted molar refractivity (Wildman–Crippen MR) is 211 cm³/mol. The van der Waals surface area contributed by atoms with Crippen LogP contribution in [0.4, 0.5) is 0 Å². The first-order valence-corrected chi connectivity index (χ1v) is 21.5. The lowest BCUT2D eigenvalue weighted by Crippen LogP contribution is -2.62. The highest BCUT2D eigenvalue weighted by molar-refractivity contribution is 5.96. The molecule has 0 aromatic heterocycles. The van der Waals surface area contributed by atoms with Gasteiger partial charge in [0.1, 0.15) is 24.2 Å². The zero-order chi connectivity index (χ0) is 39.9. The maximum absolute atomic E-state index is 14.5. The third kappa shape index (κ3) is 13.4. The SMILES string of the molecule is CCCC[C@H]1C(=O)N[C@@H](C2CCCCCC2)C(=O)N[C@@H](CN)C(=O)N[C@@H](COCCCN)C(=O)N[C@H](C)CO[C@H](C[C@@H]2C[C@@H]3CC[C@@H](C3)C2)[C@@H](C)C(=O)N1C. The monoisotopic (exact) mass is 776 g/mol. The summed E-state index contributed by atoms with van der Waals surface area (Å²) in [4.78, 5) is 72.0. The van der Waals surface area contributed by atoms with E-state index in [0.717, 1.165) is 82.5 Å². The van der Waals surface area contributed by atoms with Gasteiger partial charge in [-0.05, 0) is 88.5 Å². The normalized spacial score (nSPS) is 34.1. The van der Waals surface area contributed by atoms with Crippen LogP contribution in [0.1, 0.15) is 124 Å².